The van der Waals surface area contributed by atoms with Gasteiger partial charge in [-0.05, 0) is 30.5 Å². The van der Waals surface area contributed by atoms with E-state index in [1.165, 1.54) is 5.01 Å². The highest BCUT2D eigenvalue weighted by Gasteiger charge is 2.17. The highest BCUT2D eigenvalue weighted by atomic mass is 16.5. The largest absolute Gasteiger partial charge is 0.477 e. The number of para-hydroxylation sites is 1. The Hall–Kier alpha value is -2.83. The van der Waals surface area contributed by atoms with E-state index >= 15 is 0 Å². The molecule has 6 nitrogen and oxygen atoms in total. The van der Waals surface area contributed by atoms with Gasteiger partial charge in [0.05, 0.1) is 24.6 Å². The molecule has 0 spiro atoms. The van der Waals surface area contributed by atoms with Crippen LogP contribution in [0, 0.1) is 0 Å². The van der Waals surface area contributed by atoms with Crippen molar-refractivity contribution in [1.82, 2.24) is 0 Å². The molecular weight excluding hydrogens is 330 g/mol. The van der Waals surface area contributed by atoms with Crippen LogP contribution in [0.15, 0.2) is 78.2 Å². The predicted molar refractivity (Wildman–Crippen MR) is 105 cm³/mol. The number of nitrogens with two attached hydrogens (primary N) is 2. The molecule has 0 fully saturated rings. The lowest BCUT2D eigenvalue weighted by Crippen LogP contribution is -2.36. The fourth-order valence-electron chi connectivity index (χ4n) is 2.09. The Kier molecular flexibility index (Phi) is 9.53. The Morgan fingerprint density at radius 3 is 2.54 bits per heavy atom. The monoisotopic (exact) mass is 357 g/mol. The highest BCUT2D eigenvalue weighted by molar-refractivity contribution is 5.87. The molecule has 0 saturated carbocycles. The van der Waals surface area contributed by atoms with E-state index in [1.54, 1.807) is 30.3 Å². The molecule has 0 unspecified atom stereocenters. The second kappa shape index (κ2) is 11.7. The van der Waals surface area contributed by atoms with Crippen molar-refractivity contribution in [3.63, 3.8) is 0 Å². The number of benzene rings is 1. The van der Waals surface area contributed by atoms with E-state index in [0.717, 1.165) is 18.4 Å². The molecular formula is C20H27N3O3. The van der Waals surface area contributed by atoms with E-state index in [4.69, 9.17) is 16.3 Å². The van der Waals surface area contributed by atoms with Gasteiger partial charge in [-0.3, -0.25) is 5.01 Å². The van der Waals surface area contributed by atoms with Gasteiger partial charge in [-0.25, -0.2) is 10.6 Å². The molecule has 26 heavy (non-hydrogen) atoms. The van der Waals surface area contributed by atoms with Crippen molar-refractivity contribution < 1.29 is 14.6 Å². The van der Waals surface area contributed by atoms with Crippen molar-refractivity contribution in [2.45, 2.75) is 19.8 Å². The Bertz CT molecular complexity index is 679. The molecule has 0 aliphatic carbocycles. The van der Waals surface area contributed by atoms with Gasteiger partial charge < -0.3 is 15.6 Å². The first-order valence-corrected chi connectivity index (χ1v) is 8.37. The predicted octanol–water partition coefficient (Wildman–Crippen LogP) is 3.11. The molecule has 0 heterocycles. The minimum absolute atomic E-state index is 0.0422. The van der Waals surface area contributed by atoms with Gasteiger partial charge in [0.1, 0.15) is 5.70 Å². The molecule has 5 N–H and O–H groups in total. The van der Waals surface area contributed by atoms with Gasteiger partial charge in [0.2, 0.25) is 0 Å². The third-order valence-corrected chi connectivity index (χ3v) is 3.55. The zero-order valence-corrected chi connectivity index (χ0v) is 15.1. The van der Waals surface area contributed by atoms with E-state index in [0.29, 0.717) is 5.69 Å². The number of carboxylic acid groups (broad SMARTS) is 1. The van der Waals surface area contributed by atoms with Gasteiger partial charge in [-0.15, -0.1) is 0 Å². The van der Waals surface area contributed by atoms with Crippen LogP contribution in [0.25, 0.3) is 0 Å². The summed E-state index contributed by atoms with van der Waals surface area (Å²) in [5.41, 5.74) is 7.04. The summed E-state index contributed by atoms with van der Waals surface area (Å²) in [6.07, 6.45) is 9.63. The number of rotatable bonds is 11. The number of aliphatic carboxylic acids is 1. The number of hydrogen-bond donors (Lipinski definition) is 3. The number of nitrogens with zero attached hydrogens (tertiary/aromatic N) is 1. The second-order valence-electron chi connectivity index (χ2n) is 5.46. The van der Waals surface area contributed by atoms with E-state index in [1.807, 2.05) is 12.1 Å². The summed E-state index contributed by atoms with van der Waals surface area (Å²) >= 11 is 0. The standard InChI is InChI=1S/C20H27N3O3/c1-3-5-6-8-11-16(4-2)14-26-15-18(19(21)20(24)25)23(22)17-12-9-7-10-13-17/h4-7,9-13H,2-3,8,14-15,21-22H2,1H3,(H,24,25)/b6-5-,16-11+,19-18-. The first kappa shape index (κ1) is 21.2. The van der Waals surface area contributed by atoms with Crippen LogP contribution in [0.3, 0.4) is 0 Å². The van der Waals surface area contributed by atoms with Gasteiger partial charge >= 0.3 is 5.97 Å². The molecule has 0 saturated heterocycles. The molecule has 0 amide bonds. The Balaban J connectivity index is 2.82. The lowest BCUT2D eigenvalue weighted by atomic mass is 10.2. The molecule has 0 atom stereocenters. The number of carboxylic acids is 1. The smallest absolute Gasteiger partial charge is 0.353 e. The average Bonchev–Trinajstić information content (AvgIpc) is 2.66. The minimum atomic E-state index is -1.25. The maximum atomic E-state index is 11.3. The van der Waals surface area contributed by atoms with Gasteiger partial charge in [-0.1, -0.05) is 56.0 Å². The van der Waals surface area contributed by atoms with Crippen LogP contribution in [-0.2, 0) is 9.53 Å². The van der Waals surface area contributed by atoms with Gasteiger partial charge in [0, 0.05) is 0 Å². The number of carbonyl (C=O) groups is 1. The molecule has 1 rings (SSSR count). The lowest BCUT2D eigenvalue weighted by molar-refractivity contribution is -0.132. The van der Waals surface area contributed by atoms with E-state index < -0.39 is 5.97 Å². The van der Waals surface area contributed by atoms with Crippen LogP contribution in [0.4, 0.5) is 5.69 Å². The van der Waals surface area contributed by atoms with Gasteiger partial charge in [0.25, 0.3) is 0 Å². The maximum absolute atomic E-state index is 11.3. The summed E-state index contributed by atoms with van der Waals surface area (Å²) in [5, 5.41) is 10.4. The lowest BCUT2D eigenvalue weighted by Gasteiger charge is -2.23. The minimum Gasteiger partial charge on any atom is -0.477 e. The summed E-state index contributed by atoms with van der Waals surface area (Å²) < 4.78 is 5.63. The first-order valence-electron chi connectivity index (χ1n) is 8.37. The normalized spacial score (nSPS) is 12.8. The number of allylic oxidation sites excluding steroid dienone is 3. The molecule has 0 bridgehead atoms. The van der Waals surface area contributed by atoms with Crippen molar-refractivity contribution in [3.05, 3.63) is 78.2 Å². The quantitative estimate of drug-likeness (QED) is 0.185. The SMILES string of the molecule is C=C/C(=C\C/C=C\CC)COC/C(=C(/N)C(=O)O)N(N)c1ccccc1. The van der Waals surface area contributed by atoms with Gasteiger partial charge in [0.15, 0.2) is 0 Å². The number of ether oxygens (including phenoxy) is 1. The van der Waals surface area contributed by atoms with Crippen molar-refractivity contribution in [2.75, 3.05) is 18.2 Å². The Morgan fingerprint density at radius 1 is 1.27 bits per heavy atom. The average molecular weight is 357 g/mol. The van der Waals surface area contributed by atoms with E-state index in [2.05, 4.69) is 25.7 Å². The van der Waals surface area contributed by atoms with Crippen molar-refractivity contribution >= 4 is 11.7 Å². The molecule has 6 heteroatoms. The third kappa shape index (κ3) is 6.96. The highest BCUT2D eigenvalue weighted by Crippen LogP contribution is 2.17. The third-order valence-electron chi connectivity index (χ3n) is 3.55. The summed E-state index contributed by atoms with van der Waals surface area (Å²) in [5.74, 6) is 4.80. The summed E-state index contributed by atoms with van der Waals surface area (Å²) in [7, 11) is 0. The van der Waals surface area contributed by atoms with Crippen LogP contribution < -0.4 is 16.6 Å². The molecule has 0 aliphatic rings. The molecule has 1 aromatic carbocycles. The zero-order valence-electron chi connectivity index (χ0n) is 15.1. The summed E-state index contributed by atoms with van der Waals surface area (Å²) in [6.45, 7) is 6.08. The van der Waals surface area contributed by atoms with Crippen molar-refractivity contribution in [2.24, 2.45) is 11.6 Å². The number of hydrazine groups is 1. The van der Waals surface area contributed by atoms with Crippen LogP contribution in [0.5, 0.6) is 0 Å². The Labute approximate surface area is 154 Å². The van der Waals surface area contributed by atoms with E-state index in [-0.39, 0.29) is 24.6 Å². The molecule has 0 aromatic heterocycles. The molecule has 140 valence electrons. The zero-order chi connectivity index (χ0) is 19.4. The van der Waals surface area contributed by atoms with Crippen molar-refractivity contribution in [1.29, 1.82) is 0 Å². The summed E-state index contributed by atoms with van der Waals surface area (Å²) in [4.78, 5) is 11.3. The van der Waals surface area contributed by atoms with Crippen LogP contribution in [0.2, 0.25) is 0 Å². The summed E-state index contributed by atoms with van der Waals surface area (Å²) in [6, 6.07) is 8.94. The van der Waals surface area contributed by atoms with Gasteiger partial charge in [-0.2, -0.15) is 0 Å². The van der Waals surface area contributed by atoms with Crippen LogP contribution >= 0.6 is 0 Å². The van der Waals surface area contributed by atoms with Crippen molar-refractivity contribution in [3.8, 4) is 0 Å². The molecule has 0 aliphatic heterocycles. The number of hydrogen-bond acceptors (Lipinski definition) is 5. The topological polar surface area (TPSA) is 102 Å². The fraction of sp³-hybridized carbons (Fsp3) is 0.250. The van der Waals surface area contributed by atoms with Crippen LogP contribution in [-0.4, -0.2) is 24.3 Å². The van der Waals surface area contributed by atoms with Crippen LogP contribution in [0.1, 0.15) is 19.8 Å². The number of anilines is 1. The maximum Gasteiger partial charge on any atom is 0.353 e. The first-order chi connectivity index (χ1) is 12.5. The second-order valence-corrected chi connectivity index (χ2v) is 5.46. The molecule has 0 radical (unpaired) electrons. The molecule has 1 aromatic rings. The van der Waals surface area contributed by atoms with E-state index in [9.17, 15) is 9.90 Å². The Morgan fingerprint density at radius 2 is 1.96 bits per heavy atom. The fourth-order valence-corrected chi connectivity index (χ4v) is 2.09.